The molecule has 16 heavy (non-hydrogen) atoms. The minimum Gasteiger partial charge on any atom is -0.304 e. The van der Waals surface area contributed by atoms with Gasteiger partial charge in [-0.25, -0.2) is 9.37 Å². The smallest absolute Gasteiger partial charge is 0.173 e. The third-order valence-electron chi connectivity index (χ3n) is 2.31. The van der Waals surface area contributed by atoms with Crippen molar-refractivity contribution in [1.29, 1.82) is 0 Å². The van der Waals surface area contributed by atoms with E-state index < -0.39 is 0 Å². The van der Waals surface area contributed by atoms with Crippen molar-refractivity contribution >= 4 is 5.65 Å². The summed E-state index contributed by atoms with van der Waals surface area (Å²) in [5, 5.41) is 0. The van der Waals surface area contributed by atoms with Crippen molar-refractivity contribution in [1.82, 2.24) is 9.38 Å². The van der Waals surface area contributed by atoms with Gasteiger partial charge in [0.05, 0.1) is 5.69 Å². The Labute approximate surface area is 96.1 Å². The lowest BCUT2D eigenvalue weighted by Crippen LogP contribution is -1.95. The molecule has 0 atom stereocenters. The van der Waals surface area contributed by atoms with Gasteiger partial charge in [-0.05, 0) is 24.5 Å². The number of aromatic nitrogens is 2. The normalized spacial score (nSPS) is 10.4. The quantitative estimate of drug-likeness (QED) is 0.714. The lowest BCUT2D eigenvalue weighted by Gasteiger charge is -2.06. The van der Waals surface area contributed by atoms with Crippen LogP contribution in [0.1, 0.15) is 44.9 Å². The molecular weight excluding hydrogens is 203 g/mol. The molecule has 0 aliphatic carbocycles. The predicted octanol–water partition coefficient (Wildman–Crippen LogP) is 3.93. The van der Waals surface area contributed by atoms with Crippen molar-refractivity contribution < 1.29 is 4.39 Å². The summed E-state index contributed by atoms with van der Waals surface area (Å²) in [6, 6.07) is 1.56. The van der Waals surface area contributed by atoms with Crippen molar-refractivity contribution in [2.75, 3.05) is 0 Å². The third-order valence-corrected chi connectivity index (χ3v) is 2.31. The molecule has 2 heterocycles. The Morgan fingerprint density at radius 1 is 1.25 bits per heavy atom. The average molecular weight is 222 g/mol. The Morgan fingerprint density at radius 2 is 1.88 bits per heavy atom. The highest BCUT2D eigenvalue weighted by atomic mass is 19.1. The molecule has 88 valence electrons. The van der Waals surface area contributed by atoms with Gasteiger partial charge in [0.1, 0.15) is 0 Å². The maximum absolute atomic E-state index is 13.5. The van der Waals surface area contributed by atoms with Crippen LogP contribution in [-0.2, 0) is 0 Å². The molecule has 3 heteroatoms. The van der Waals surface area contributed by atoms with E-state index in [1.807, 2.05) is 47.0 Å². The van der Waals surface area contributed by atoms with E-state index in [0.29, 0.717) is 11.6 Å². The number of hydrogen-bond donors (Lipinski definition) is 0. The molecule has 0 aromatic carbocycles. The number of rotatable bonds is 1. The van der Waals surface area contributed by atoms with Gasteiger partial charge in [-0.3, -0.25) is 0 Å². The van der Waals surface area contributed by atoms with Crippen molar-refractivity contribution in [2.24, 2.45) is 0 Å². The lowest BCUT2D eigenvalue weighted by atomic mass is 10.1. The van der Waals surface area contributed by atoms with Crippen LogP contribution in [0.5, 0.6) is 0 Å². The molecule has 0 radical (unpaired) electrons. The molecule has 0 unspecified atom stereocenters. The second-order valence-corrected chi connectivity index (χ2v) is 3.89. The zero-order chi connectivity index (χ0) is 12.3. The van der Waals surface area contributed by atoms with Crippen LogP contribution in [0.15, 0.2) is 18.5 Å². The van der Waals surface area contributed by atoms with Crippen LogP contribution in [0.4, 0.5) is 4.39 Å². The van der Waals surface area contributed by atoms with Gasteiger partial charge in [-0.15, -0.1) is 0 Å². The molecule has 2 aromatic heterocycles. The highest BCUT2D eigenvalue weighted by Gasteiger charge is 2.08. The summed E-state index contributed by atoms with van der Waals surface area (Å²) in [5.41, 5.74) is 2.24. The van der Waals surface area contributed by atoms with Crippen molar-refractivity contribution in [3.8, 4) is 0 Å². The summed E-state index contributed by atoms with van der Waals surface area (Å²) in [5.74, 6) is 0.0842. The summed E-state index contributed by atoms with van der Waals surface area (Å²) in [7, 11) is 0. The third kappa shape index (κ3) is 2.40. The molecule has 2 rings (SSSR count). The fraction of sp³-hybridized carbons (Fsp3) is 0.462. The van der Waals surface area contributed by atoms with E-state index in [9.17, 15) is 4.39 Å². The van der Waals surface area contributed by atoms with Crippen molar-refractivity contribution in [3.05, 3.63) is 35.5 Å². The molecule has 0 bridgehead atoms. The second kappa shape index (κ2) is 5.10. The van der Waals surface area contributed by atoms with Crippen LogP contribution in [0.25, 0.3) is 5.65 Å². The van der Waals surface area contributed by atoms with E-state index in [-0.39, 0.29) is 5.82 Å². The standard InChI is InChI=1S/C11H13FN2.C2H6/c1-7(2)9-4-10(12)11-13-8(3)5-14(11)6-9;1-2/h4-7H,1-3H3;1-2H3. The van der Waals surface area contributed by atoms with E-state index in [4.69, 9.17) is 0 Å². The molecule has 0 amide bonds. The summed E-state index contributed by atoms with van der Waals surface area (Å²) in [6.45, 7) is 9.95. The van der Waals surface area contributed by atoms with Crippen LogP contribution in [0.2, 0.25) is 0 Å². The van der Waals surface area contributed by atoms with Gasteiger partial charge >= 0.3 is 0 Å². The minimum absolute atomic E-state index is 0.246. The summed E-state index contributed by atoms with van der Waals surface area (Å²) >= 11 is 0. The molecule has 0 N–H and O–H groups in total. The number of aryl methyl sites for hydroxylation is 1. The first kappa shape index (κ1) is 12.7. The first-order valence-corrected chi connectivity index (χ1v) is 5.72. The SMILES string of the molecule is CC.Cc1cn2cc(C(C)C)cc(F)c2n1. The predicted molar refractivity (Wildman–Crippen MR) is 65.3 cm³/mol. The summed E-state index contributed by atoms with van der Waals surface area (Å²) < 4.78 is 15.3. The Hall–Kier alpha value is -1.38. The fourth-order valence-electron chi connectivity index (χ4n) is 1.52. The number of hydrogen-bond acceptors (Lipinski definition) is 1. The first-order valence-electron chi connectivity index (χ1n) is 5.72. The fourth-order valence-corrected chi connectivity index (χ4v) is 1.52. The molecule has 2 nitrogen and oxygen atoms in total. The van der Waals surface area contributed by atoms with Crippen molar-refractivity contribution in [2.45, 2.75) is 40.5 Å². The molecule has 0 saturated carbocycles. The maximum Gasteiger partial charge on any atom is 0.173 e. The van der Waals surface area contributed by atoms with Gasteiger partial charge in [0.25, 0.3) is 0 Å². The van der Waals surface area contributed by atoms with Gasteiger partial charge in [-0.2, -0.15) is 0 Å². The Balaban J connectivity index is 0.000000606. The van der Waals surface area contributed by atoms with E-state index in [2.05, 4.69) is 4.98 Å². The highest BCUT2D eigenvalue weighted by Crippen LogP contribution is 2.18. The minimum atomic E-state index is -0.246. The maximum atomic E-state index is 13.5. The summed E-state index contributed by atoms with van der Waals surface area (Å²) in [6.07, 6.45) is 3.77. The Bertz CT molecular complexity index is 472. The van der Waals surface area contributed by atoms with Gasteiger partial charge < -0.3 is 4.40 Å². The molecule has 0 spiro atoms. The lowest BCUT2D eigenvalue weighted by molar-refractivity contribution is 0.624. The summed E-state index contributed by atoms with van der Waals surface area (Å²) in [4.78, 5) is 4.10. The topological polar surface area (TPSA) is 17.3 Å². The van der Waals surface area contributed by atoms with Crippen LogP contribution in [0, 0.1) is 12.7 Å². The molecular formula is C13H19FN2. The monoisotopic (exact) mass is 222 g/mol. The van der Waals surface area contributed by atoms with Crippen LogP contribution < -0.4 is 0 Å². The van der Waals surface area contributed by atoms with E-state index in [0.717, 1.165) is 11.3 Å². The number of fused-ring (bicyclic) bond motifs is 1. The van der Waals surface area contributed by atoms with Crippen LogP contribution in [-0.4, -0.2) is 9.38 Å². The largest absolute Gasteiger partial charge is 0.304 e. The zero-order valence-electron chi connectivity index (χ0n) is 10.6. The van der Waals surface area contributed by atoms with Gasteiger partial charge in [0, 0.05) is 12.4 Å². The zero-order valence-corrected chi connectivity index (χ0v) is 10.6. The average Bonchev–Trinajstić information content (AvgIpc) is 2.62. The number of halogens is 1. The van der Waals surface area contributed by atoms with Gasteiger partial charge in [-0.1, -0.05) is 27.7 Å². The molecule has 0 aliphatic rings. The molecule has 0 saturated heterocycles. The molecule has 2 aromatic rings. The van der Waals surface area contributed by atoms with E-state index in [1.165, 1.54) is 0 Å². The highest BCUT2D eigenvalue weighted by molar-refractivity contribution is 5.43. The number of nitrogens with zero attached hydrogens (tertiary/aromatic N) is 2. The van der Waals surface area contributed by atoms with Crippen LogP contribution >= 0.6 is 0 Å². The Morgan fingerprint density at radius 3 is 2.44 bits per heavy atom. The van der Waals surface area contributed by atoms with E-state index in [1.54, 1.807) is 10.5 Å². The van der Waals surface area contributed by atoms with E-state index >= 15 is 0 Å². The van der Waals surface area contributed by atoms with Gasteiger partial charge in [0.2, 0.25) is 0 Å². The number of pyridine rings is 1. The first-order chi connectivity index (χ1) is 7.58. The molecule has 0 fully saturated rings. The number of imidazole rings is 1. The van der Waals surface area contributed by atoms with Crippen LogP contribution in [0.3, 0.4) is 0 Å². The Kier molecular flexibility index (Phi) is 4.05. The second-order valence-electron chi connectivity index (χ2n) is 3.89. The van der Waals surface area contributed by atoms with Crippen molar-refractivity contribution in [3.63, 3.8) is 0 Å². The van der Waals surface area contributed by atoms with Gasteiger partial charge in [0.15, 0.2) is 11.5 Å². The molecule has 0 aliphatic heterocycles.